The molecule has 0 radical (unpaired) electrons. The molecule has 0 aromatic rings. The highest BCUT2D eigenvalue weighted by Crippen LogP contribution is 2.19. The van der Waals surface area contributed by atoms with E-state index in [0.29, 0.717) is 19.4 Å². The summed E-state index contributed by atoms with van der Waals surface area (Å²) < 4.78 is 5.47. The van der Waals surface area contributed by atoms with E-state index in [-0.39, 0.29) is 18.5 Å². The second kappa shape index (κ2) is 76.3. The lowest BCUT2D eigenvalue weighted by Gasteiger charge is -2.20. The van der Waals surface area contributed by atoms with Crippen LogP contribution in [0.15, 0.2) is 48.6 Å². The van der Waals surface area contributed by atoms with Crippen LogP contribution in [0.2, 0.25) is 0 Å². The van der Waals surface area contributed by atoms with Crippen LogP contribution in [0.4, 0.5) is 0 Å². The van der Waals surface area contributed by atoms with Crippen LogP contribution in [0, 0.1) is 0 Å². The number of esters is 1. The average Bonchev–Trinajstić information content (AvgIpc) is 3.53. The molecule has 1 amide bonds. The highest BCUT2D eigenvalue weighted by molar-refractivity contribution is 5.76. The fourth-order valence-corrected chi connectivity index (χ4v) is 12.3. The number of aliphatic hydroxyl groups excluding tert-OH is 2. The predicted molar refractivity (Wildman–Crippen MR) is 384 cm³/mol. The normalized spacial score (nSPS) is 12.7. The van der Waals surface area contributed by atoms with Gasteiger partial charge in [-0.1, -0.05) is 383 Å². The number of hydrogen-bond acceptors (Lipinski definition) is 5. The Hall–Kier alpha value is -2.18. The minimum atomic E-state index is -0.844. The maximum absolute atomic E-state index is 12.5. The number of carbonyl (C=O) groups is 2. The molecule has 0 spiro atoms. The van der Waals surface area contributed by atoms with Crippen molar-refractivity contribution in [3.05, 3.63) is 48.6 Å². The van der Waals surface area contributed by atoms with Crippen molar-refractivity contribution < 1.29 is 24.5 Å². The molecule has 512 valence electrons. The maximum atomic E-state index is 12.5. The van der Waals surface area contributed by atoms with Crippen LogP contribution in [0.5, 0.6) is 0 Å². The molecule has 0 rings (SSSR count). The molecule has 0 saturated carbocycles. The number of nitrogens with one attached hydrogen (secondary N) is 1. The molecular weight excluding hydrogens is 1070 g/mol. The van der Waals surface area contributed by atoms with Crippen LogP contribution in [0.25, 0.3) is 0 Å². The second-order valence-corrected chi connectivity index (χ2v) is 27.0. The first-order chi connectivity index (χ1) is 43.0. The van der Waals surface area contributed by atoms with E-state index in [9.17, 15) is 19.8 Å². The van der Waals surface area contributed by atoms with E-state index < -0.39 is 12.1 Å². The quantitative estimate of drug-likeness (QED) is 0.0320. The molecule has 0 aliphatic heterocycles. The lowest BCUT2D eigenvalue weighted by Crippen LogP contribution is -2.45. The zero-order chi connectivity index (χ0) is 62.8. The van der Waals surface area contributed by atoms with Gasteiger partial charge in [-0.3, -0.25) is 9.59 Å². The molecular formula is C81H153NO5. The first-order valence-electron chi connectivity index (χ1n) is 39.4. The first-order valence-corrected chi connectivity index (χ1v) is 39.4. The van der Waals surface area contributed by atoms with Gasteiger partial charge in [-0.2, -0.15) is 0 Å². The molecule has 0 aromatic carbocycles. The molecule has 0 fully saturated rings. The summed E-state index contributed by atoms with van der Waals surface area (Å²) in [5, 5.41) is 23.3. The number of aliphatic hydroxyl groups is 2. The van der Waals surface area contributed by atoms with Gasteiger partial charge in [0, 0.05) is 12.8 Å². The van der Waals surface area contributed by atoms with E-state index in [1.807, 2.05) is 6.08 Å². The minimum Gasteiger partial charge on any atom is -0.466 e. The Morgan fingerprint density at radius 1 is 0.322 bits per heavy atom. The average molecular weight is 1220 g/mol. The third-order valence-corrected chi connectivity index (χ3v) is 18.3. The zero-order valence-corrected chi connectivity index (χ0v) is 58.8. The van der Waals surface area contributed by atoms with E-state index in [2.05, 4.69) is 55.6 Å². The van der Waals surface area contributed by atoms with Crippen LogP contribution < -0.4 is 5.32 Å². The fraction of sp³-hybridized carbons (Fsp3) is 0.877. The summed E-state index contributed by atoms with van der Waals surface area (Å²) >= 11 is 0. The van der Waals surface area contributed by atoms with Gasteiger partial charge in [0.15, 0.2) is 0 Å². The summed E-state index contributed by atoms with van der Waals surface area (Å²) in [5.41, 5.74) is 0. The van der Waals surface area contributed by atoms with Crippen LogP contribution in [-0.2, 0) is 14.3 Å². The van der Waals surface area contributed by atoms with Crippen LogP contribution in [0.3, 0.4) is 0 Å². The number of rotatable bonds is 74. The van der Waals surface area contributed by atoms with E-state index in [4.69, 9.17) is 4.74 Å². The molecule has 6 nitrogen and oxygen atoms in total. The van der Waals surface area contributed by atoms with Crippen molar-refractivity contribution in [1.82, 2.24) is 5.32 Å². The molecule has 0 aromatic heterocycles. The molecule has 2 atom stereocenters. The highest BCUT2D eigenvalue weighted by atomic mass is 16.5. The van der Waals surface area contributed by atoms with Crippen LogP contribution in [-0.4, -0.2) is 47.4 Å². The number of hydrogen-bond donors (Lipinski definition) is 3. The maximum Gasteiger partial charge on any atom is 0.305 e. The van der Waals surface area contributed by atoms with Gasteiger partial charge in [0.1, 0.15) is 0 Å². The van der Waals surface area contributed by atoms with Crippen molar-refractivity contribution in [2.24, 2.45) is 0 Å². The van der Waals surface area contributed by atoms with E-state index in [1.54, 1.807) is 6.08 Å². The molecule has 0 aliphatic rings. The van der Waals surface area contributed by atoms with Gasteiger partial charge in [-0.15, -0.1) is 0 Å². The Bertz CT molecular complexity index is 1450. The Kier molecular flexibility index (Phi) is 74.4. The molecule has 87 heavy (non-hydrogen) atoms. The smallest absolute Gasteiger partial charge is 0.305 e. The number of amides is 1. The van der Waals surface area contributed by atoms with Gasteiger partial charge in [-0.05, 0) is 83.5 Å². The third kappa shape index (κ3) is 72.8. The Morgan fingerprint density at radius 2 is 0.586 bits per heavy atom. The zero-order valence-electron chi connectivity index (χ0n) is 58.8. The van der Waals surface area contributed by atoms with Gasteiger partial charge >= 0.3 is 5.97 Å². The second-order valence-electron chi connectivity index (χ2n) is 27.0. The SMILES string of the molecule is CCCC/C=C\CCCCCCCC(=O)OCCCCCCCCCCCCCCC/C=C\C/C=C\CCCCCCCCCCCCCCCCCCCC(=O)NC(CO)C(O)/C=C/CCCCCCCCCCCCCCCCCCCCCC. The molecule has 6 heteroatoms. The van der Waals surface area contributed by atoms with Crippen molar-refractivity contribution in [2.45, 2.75) is 443 Å². The van der Waals surface area contributed by atoms with Gasteiger partial charge in [0.25, 0.3) is 0 Å². The van der Waals surface area contributed by atoms with Crippen molar-refractivity contribution in [3.63, 3.8) is 0 Å². The summed E-state index contributed by atoms with van der Waals surface area (Å²) in [5.74, 6) is -0.0533. The molecule has 2 unspecified atom stereocenters. The topological polar surface area (TPSA) is 95.9 Å². The van der Waals surface area contributed by atoms with Gasteiger partial charge in [0.2, 0.25) is 5.91 Å². The molecule has 0 bridgehead atoms. The number of unbranched alkanes of at least 4 members (excludes halogenated alkanes) is 57. The van der Waals surface area contributed by atoms with E-state index >= 15 is 0 Å². The van der Waals surface area contributed by atoms with E-state index in [1.165, 1.54) is 353 Å². The Morgan fingerprint density at radius 3 is 0.920 bits per heavy atom. The molecule has 0 heterocycles. The minimum absolute atomic E-state index is 0.00767. The van der Waals surface area contributed by atoms with Gasteiger partial charge in [0.05, 0.1) is 25.4 Å². The lowest BCUT2D eigenvalue weighted by atomic mass is 10.0. The third-order valence-electron chi connectivity index (χ3n) is 18.3. The summed E-state index contributed by atoms with van der Waals surface area (Å²) in [6.07, 6.45) is 101. The fourth-order valence-electron chi connectivity index (χ4n) is 12.3. The van der Waals surface area contributed by atoms with Gasteiger partial charge < -0.3 is 20.3 Å². The summed E-state index contributed by atoms with van der Waals surface area (Å²) in [7, 11) is 0. The first kappa shape index (κ1) is 84.8. The lowest BCUT2D eigenvalue weighted by molar-refractivity contribution is -0.143. The van der Waals surface area contributed by atoms with Crippen molar-refractivity contribution in [3.8, 4) is 0 Å². The summed E-state index contributed by atoms with van der Waals surface area (Å²) in [6, 6.07) is -0.627. The molecule has 0 aliphatic carbocycles. The van der Waals surface area contributed by atoms with Crippen molar-refractivity contribution in [1.29, 1.82) is 0 Å². The van der Waals surface area contributed by atoms with Gasteiger partial charge in [-0.25, -0.2) is 0 Å². The number of carbonyl (C=O) groups excluding carboxylic acids is 2. The predicted octanol–water partition coefficient (Wildman–Crippen LogP) is 26.0. The summed E-state index contributed by atoms with van der Waals surface area (Å²) in [6.45, 7) is 4.91. The standard InChI is InChI=1S/C81H153NO5/c1-3-5-7-9-11-13-15-16-17-18-19-20-38-41-44-47-50-54-57-61-65-69-73-79(84)78(77-83)82-80(85)74-70-66-62-58-55-51-48-45-42-39-36-34-32-30-28-26-24-22-21-23-25-27-29-31-33-35-37-40-43-46-49-52-56-60-64-68-72-76-87-81(86)75-71-67-63-59-53-14-12-10-8-6-4-2/h10,12,21,23,27,29,69,73,78-79,83-84H,3-9,11,13-20,22,24-26,28,30-68,70-72,74-77H2,1-2H3,(H,82,85)/b12-10-,23-21-,29-27-,73-69+. The Labute approximate surface area is 544 Å². The number of ether oxygens (including phenoxy) is 1. The largest absolute Gasteiger partial charge is 0.466 e. The number of allylic oxidation sites excluding steroid dienone is 7. The van der Waals surface area contributed by atoms with E-state index in [0.717, 1.165) is 51.4 Å². The van der Waals surface area contributed by atoms with Crippen LogP contribution in [0.1, 0.15) is 431 Å². The Balaban J connectivity index is 3.39. The molecule has 3 N–H and O–H groups in total. The van der Waals surface area contributed by atoms with Crippen molar-refractivity contribution in [2.75, 3.05) is 13.2 Å². The highest BCUT2D eigenvalue weighted by Gasteiger charge is 2.18. The summed E-state index contributed by atoms with van der Waals surface area (Å²) in [4.78, 5) is 24.6. The van der Waals surface area contributed by atoms with Crippen LogP contribution >= 0.6 is 0 Å². The molecule has 0 saturated heterocycles. The van der Waals surface area contributed by atoms with Crippen molar-refractivity contribution >= 4 is 11.9 Å². The monoisotopic (exact) mass is 1220 g/mol.